The van der Waals surface area contributed by atoms with Crippen LogP contribution in [0.3, 0.4) is 0 Å². The molecular formula is C59H111NO5. The van der Waals surface area contributed by atoms with E-state index in [0.717, 1.165) is 83.5 Å². The lowest BCUT2D eigenvalue weighted by atomic mass is 10.0. The molecule has 0 aromatic rings. The van der Waals surface area contributed by atoms with Gasteiger partial charge < -0.3 is 20.3 Å². The zero-order valence-electron chi connectivity index (χ0n) is 43.5. The summed E-state index contributed by atoms with van der Waals surface area (Å²) in [6.07, 6.45) is 67.4. The molecular weight excluding hydrogens is 803 g/mol. The number of aliphatic hydroxyl groups excluding tert-OH is 2. The second-order valence-electron chi connectivity index (χ2n) is 19.6. The van der Waals surface area contributed by atoms with E-state index in [9.17, 15) is 19.8 Å². The molecule has 0 aromatic carbocycles. The lowest BCUT2D eigenvalue weighted by molar-refractivity contribution is -0.143. The topological polar surface area (TPSA) is 95.9 Å². The molecule has 382 valence electrons. The minimum absolute atomic E-state index is 0.0123. The van der Waals surface area contributed by atoms with E-state index in [1.807, 2.05) is 6.08 Å². The van der Waals surface area contributed by atoms with E-state index >= 15 is 0 Å². The van der Waals surface area contributed by atoms with Gasteiger partial charge >= 0.3 is 5.97 Å². The summed E-state index contributed by atoms with van der Waals surface area (Å²) in [5.74, 6) is -0.0967. The molecule has 2 unspecified atom stereocenters. The Morgan fingerprint density at radius 1 is 0.431 bits per heavy atom. The van der Waals surface area contributed by atoms with Gasteiger partial charge in [-0.25, -0.2) is 0 Å². The molecule has 0 fully saturated rings. The molecule has 65 heavy (non-hydrogen) atoms. The highest BCUT2D eigenvalue weighted by molar-refractivity contribution is 5.76. The summed E-state index contributed by atoms with van der Waals surface area (Å²) < 4.78 is 5.47. The molecule has 0 aliphatic heterocycles. The van der Waals surface area contributed by atoms with Crippen molar-refractivity contribution in [2.24, 2.45) is 0 Å². The number of carbonyl (C=O) groups is 2. The monoisotopic (exact) mass is 914 g/mol. The number of ether oxygens (including phenoxy) is 1. The Balaban J connectivity index is 3.49. The first-order chi connectivity index (χ1) is 32.0. The Morgan fingerprint density at radius 3 is 1.17 bits per heavy atom. The quantitative estimate of drug-likeness (QED) is 0.0321. The molecule has 0 spiro atoms. The highest BCUT2D eigenvalue weighted by atomic mass is 16.5. The average Bonchev–Trinajstić information content (AvgIpc) is 3.31. The van der Waals surface area contributed by atoms with Crippen LogP contribution < -0.4 is 5.32 Å². The maximum atomic E-state index is 12.4. The normalized spacial score (nSPS) is 12.9. The van der Waals surface area contributed by atoms with Crippen LogP contribution in [0.2, 0.25) is 0 Å². The summed E-state index contributed by atoms with van der Waals surface area (Å²) in [6.45, 7) is 4.86. The number of hydrogen-bond acceptors (Lipinski definition) is 5. The summed E-state index contributed by atoms with van der Waals surface area (Å²) >= 11 is 0. The van der Waals surface area contributed by atoms with Crippen LogP contribution in [0.15, 0.2) is 36.5 Å². The number of amides is 1. The lowest BCUT2D eigenvalue weighted by Crippen LogP contribution is -2.45. The van der Waals surface area contributed by atoms with E-state index < -0.39 is 12.1 Å². The van der Waals surface area contributed by atoms with Crippen molar-refractivity contribution >= 4 is 11.9 Å². The van der Waals surface area contributed by atoms with Crippen LogP contribution in [0.5, 0.6) is 0 Å². The van der Waals surface area contributed by atoms with Gasteiger partial charge in [-0.2, -0.15) is 0 Å². The van der Waals surface area contributed by atoms with E-state index in [1.165, 1.54) is 193 Å². The van der Waals surface area contributed by atoms with E-state index in [1.54, 1.807) is 6.08 Å². The molecule has 2 atom stereocenters. The standard InChI is InChI=1S/C59H111NO5/c1-3-5-7-9-11-13-15-17-18-19-22-25-29-33-37-41-45-49-53-59(64)65-54-50-46-42-38-34-30-26-23-20-21-24-28-32-36-40-44-48-52-58(63)60-56(55-61)57(62)51-47-43-39-35-31-27-16-14-12-10-8-6-4-2/h20,23,30,34,47,51,56-57,61-62H,3-19,21-22,24-29,31-33,35-46,48-50,52-55H2,1-2H3,(H,60,63)/b23-20-,34-30-,51-47+. The van der Waals surface area contributed by atoms with Crippen LogP contribution in [-0.2, 0) is 14.3 Å². The van der Waals surface area contributed by atoms with Crippen molar-refractivity contribution in [1.29, 1.82) is 0 Å². The largest absolute Gasteiger partial charge is 0.466 e. The van der Waals surface area contributed by atoms with Crippen molar-refractivity contribution in [3.05, 3.63) is 36.5 Å². The van der Waals surface area contributed by atoms with Crippen LogP contribution in [0.4, 0.5) is 0 Å². The van der Waals surface area contributed by atoms with Gasteiger partial charge in [-0.3, -0.25) is 9.59 Å². The Kier molecular flexibility index (Phi) is 53.1. The molecule has 0 aliphatic carbocycles. The Hall–Kier alpha value is -1.92. The highest BCUT2D eigenvalue weighted by Gasteiger charge is 2.18. The third-order valence-corrected chi connectivity index (χ3v) is 13.2. The van der Waals surface area contributed by atoms with Crippen molar-refractivity contribution in [1.82, 2.24) is 5.32 Å². The van der Waals surface area contributed by atoms with Gasteiger partial charge in [0.25, 0.3) is 0 Å². The number of allylic oxidation sites excluding steroid dienone is 5. The Labute approximate surface area is 404 Å². The van der Waals surface area contributed by atoms with Gasteiger partial charge in [0, 0.05) is 12.8 Å². The van der Waals surface area contributed by atoms with Crippen LogP contribution in [0.1, 0.15) is 303 Å². The van der Waals surface area contributed by atoms with Crippen LogP contribution in [-0.4, -0.2) is 47.4 Å². The number of carbonyl (C=O) groups excluding carboxylic acids is 2. The summed E-state index contributed by atoms with van der Waals surface area (Å²) in [7, 11) is 0. The minimum atomic E-state index is -0.854. The second-order valence-corrected chi connectivity index (χ2v) is 19.6. The maximum absolute atomic E-state index is 12.4. The number of aliphatic hydroxyl groups is 2. The number of nitrogens with one attached hydrogen (secondary N) is 1. The molecule has 0 aromatic heterocycles. The Bertz CT molecular complexity index is 1060. The summed E-state index contributed by atoms with van der Waals surface area (Å²) in [5.41, 5.74) is 0. The van der Waals surface area contributed by atoms with Gasteiger partial charge in [0.15, 0.2) is 0 Å². The predicted molar refractivity (Wildman–Crippen MR) is 283 cm³/mol. The van der Waals surface area contributed by atoms with E-state index in [2.05, 4.69) is 43.5 Å². The zero-order valence-corrected chi connectivity index (χ0v) is 43.5. The number of esters is 1. The van der Waals surface area contributed by atoms with Crippen molar-refractivity contribution in [2.45, 2.75) is 315 Å². The smallest absolute Gasteiger partial charge is 0.305 e. The number of unbranched alkanes of at least 4 members (excludes halogenated alkanes) is 38. The van der Waals surface area contributed by atoms with Crippen molar-refractivity contribution in [3.8, 4) is 0 Å². The molecule has 6 nitrogen and oxygen atoms in total. The molecule has 1 amide bonds. The van der Waals surface area contributed by atoms with Crippen LogP contribution >= 0.6 is 0 Å². The third-order valence-electron chi connectivity index (χ3n) is 13.2. The molecule has 0 aliphatic rings. The summed E-state index contributed by atoms with van der Waals surface area (Å²) in [4.78, 5) is 24.5. The van der Waals surface area contributed by atoms with E-state index in [0.29, 0.717) is 19.4 Å². The fraction of sp³-hybridized carbons (Fsp3) is 0.864. The molecule has 6 heteroatoms. The molecule has 0 saturated carbocycles. The highest BCUT2D eigenvalue weighted by Crippen LogP contribution is 2.16. The molecule has 0 rings (SSSR count). The molecule has 3 N–H and O–H groups in total. The third kappa shape index (κ3) is 51.3. The fourth-order valence-corrected chi connectivity index (χ4v) is 8.72. The van der Waals surface area contributed by atoms with Crippen molar-refractivity contribution < 1.29 is 24.5 Å². The first kappa shape index (κ1) is 63.1. The Morgan fingerprint density at radius 2 is 0.769 bits per heavy atom. The average molecular weight is 915 g/mol. The second kappa shape index (κ2) is 54.7. The summed E-state index contributed by atoms with van der Waals surface area (Å²) in [6, 6.07) is -0.639. The minimum Gasteiger partial charge on any atom is -0.466 e. The van der Waals surface area contributed by atoms with Crippen LogP contribution in [0.25, 0.3) is 0 Å². The first-order valence-electron chi connectivity index (χ1n) is 28.8. The maximum Gasteiger partial charge on any atom is 0.305 e. The summed E-state index contributed by atoms with van der Waals surface area (Å²) in [5, 5.41) is 23.0. The van der Waals surface area contributed by atoms with Gasteiger partial charge in [0.05, 0.1) is 25.4 Å². The van der Waals surface area contributed by atoms with Gasteiger partial charge in [-0.05, 0) is 70.6 Å². The van der Waals surface area contributed by atoms with Crippen molar-refractivity contribution in [2.75, 3.05) is 13.2 Å². The van der Waals surface area contributed by atoms with E-state index in [-0.39, 0.29) is 18.5 Å². The van der Waals surface area contributed by atoms with Gasteiger partial charge in [-0.1, -0.05) is 256 Å². The fourth-order valence-electron chi connectivity index (χ4n) is 8.72. The molecule has 0 heterocycles. The zero-order chi connectivity index (χ0) is 47.2. The molecule has 0 saturated heterocycles. The molecule has 0 radical (unpaired) electrons. The predicted octanol–water partition coefficient (Wildman–Crippen LogP) is 17.6. The number of hydrogen-bond donors (Lipinski definition) is 3. The van der Waals surface area contributed by atoms with E-state index in [4.69, 9.17) is 4.74 Å². The lowest BCUT2D eigenvalue weighted by Gasteiger charge is -2.20. The van der Waals surface area contributed by atoms with Gasteiger partial charge in [0.1, 0.15) is 0 Å². The van der Waals surface area contributed by atoms with Gasteiger partial charge in [-0.15, -0.1) is 0 Å². The first-order valence-corrected chi connectivity index (χ1v) is 28.8. The van der Waals surface area contributed by atoms with Crippen LogP contribution in [0, 0.1) is 0 Å². The molecule has 0 bridgehead atoms. The SMILES string of the molecule is CCCCCCCCCCCCC/C=C/C(O)C(CO)NC(=O)CCCCCCCCC/C=C\C/C=C\CCCCCOC(=O)CCCCCCCCCCCCCCCCCCCC. The number of rotatable bonds is 53. The van der Waals surface area contributed by atoms with Crippen molar-refractivity contribution in [3.63, 3.8) is 0 Å². The van der Waals surface area contributed by atoms with Gasteiger partial charge in [0.2, 0.25) is 5.91 Å².